The first-order valence-corrected chi connectivity index (χ1v) is 8.03. The average Bonchev–Trinajstić information content (AvgIpc) is 2.87. The van der Waals surface area contributed by atoms with E-state index in [2.05, 4.69) is 10.3 Å². The molecule has 0 amide bonds. The van der Waals surface area contributed by atoms with E-state index in [4.69, 9.17) is 10.9 Å². The van der Waals surface area contributed by atoms with Crippen LogP contribution in [0.15, 0.2) is 5.16 Å². The third-order valence-corrected chi connectivity index (χ3v) is 5.40. The molecule has 1 aliphatic rings. The van der Waals surface area contributed by atoms with Gasteiger partial charge in [0.25, 0.3) is 0 Å². The monoisotopic (exact) mass is 301 g/mol. The van der Waals surface area contributed by atoms with Crippen molar-refractivity contribution in [1.82, 2.24) is 9.78 Å². The van der Waals surface area contributed by atoms with Crippen LogP contribution in [0.1, 0.15) is 17.7 Å². The van der Waals surface area contributed by atoms with Gasteiger partial charge in [0.15, 0.2) is 15.7 Å². The Balaban J connectivity index is 2.43. The summed E-state index contributed by atoms with van der Waals surface area (Å²) in [5.74, 6) is 0.930. The zero-order chi connectivity index (χ0) is 15.1. The maximum atomic E-state index is 11.6. The van der Waals surface area contributed by atoms with Crippen molar-refractivity contribution in [2.45, 2.75) is 19.4 Å². The molecule has 1 saturated heterocycles. The molecule has 1 aromatic heterocycles. The first-order chi connectivity index (χ1) is 9.26. The Kier molecular flexibility index (Phi) is 3.63. The number of sulfone groups is 1. The molecule has 0 bridgehead atoms. The quantitative estimate of drug-likeness (QED) is 0.335. The highest BCUT2D eigenvalue weighted by Gasteiger charge is 2.33. The summed E-state index contributed by atoms with van der Waals surface area (Å²) in [6.45, 7) is 1.76. The average molecular weight is 301 g/mol. The summed E-state index contributed by atoms with van der Waals surface area (Å²) >= 11 is 0. The van der Waals surface area contributed by atoms with E-state index in [-0.39, 0.29) is 23.4 Å². The van der Waals surface area contributed by atoms with Crippen LogP contribution < -0.4 is 10.6 Å². The summed E-state index contributed by atoms with van der Waals surface area (Å²) < 4.78 is 24.8. The van der Waals surface area contributed by atoms with Gasteiger partial charge in [-0.15, -0.1) is 0 Å². The van der Waals surface area contributed by atoms with E-state index >= 15 is 0 Å². The highest BCUT2D eigenvalue weighted by atomic mass is 32.2. The number of anilines is 1. The van der Waals surface area contributed by atoms with Crippen LogP contribution in [0.25, 0.3) is 0 Å². The van der Waals surface area contributed by atoms with E-state index in [1.165, 1.54) is 0 Å². The van der Waals surface area contributed by atoms with Gasteiger partial charge >= 0.3 is 0 Å². The minimum atomic E-state index is -2.98. The molecule has 0 aliphatic carbocycles. The minimum Gasteiger partial charge on any atom is -0.409 e. The second kappa shape index (κ2) is 4.97. The molecule has 0 spiro atoms. The second-order valence-electron chi connectivity index (χ2n) is 5.06. The van der Waals surface area contributed by atoms with Crippen LogP contribution in [0.2, 0.25) is 0 Å². The van der Waals surface area contributed by atoms with Gasteiger partial charge in [-0.2, -0.15) is 5.10 Å². The molecule has 1 aliphatic heterocycles. The molecule has 0 saturated carbocycles. The van der Waals surface area contributed by atoms with Gasteiger partial charge in [0, 0.05) is 20.1 Å². The number of aryl methyl sites for hydroxylation is 2. The fourth-order valence-electron chi connectivity index (χ4n) is 2.65. The van der Waals surface area contributed by atoms with Gasteiger partial charge in [-0.3, -0.25) is 4.68 Å². The lowest BCUT2D eigenvalue weighted by Crippen LogP contribution is -2.35. The number of amidine groups is 1. The van der Waals surface area contributed by atoms with E-state index in [0.717, 1.165) is 0 Å². The number of nitrogens with two attached hydrogens (primary N) is 1. The lowest BCUT2D eigenvalue weighted by atomic mass is 10.1. The van der Waals surface area contributed by atoms with Crippen LogP contribution in [0.4, 0.5) is 5.82 Å². The zero-order valence-electron chi connectivity index (χ0n) is 11.7. The number of hydrogen-bond donors (Lipinski definition) is 2. The highest BCUT2D eigenvalue weighted by molar-refractivity contribution is 7.91. The molecular weight excluding hydrogens is 282 g/mol. The molecule has 20 heavy (non-hydrogen) atoms. The molecule has 9 heteroatoms. The molecule has 1 aromatic rings. The molecular formula is C11H19N5O3S. The number of rotatable bonds is 3. The van der Waals surface area contributed by atoms with Gasteiger partial charge in [0.05, 0.1) is 22.8 Å². The van der Waals surface area contributed by atoms with Gasteiger partial charge in [-0.1, -0.05) is 5.16 Å². The Hall–Kier alpha value is -1.77. The molecule has 1 fully saturated rings. The normalized spacial score (nSPS) is 22.1. The maximum Gasteiger partial charge on any atom is 0.175 e. The molecule has 8 nitrogen and oxygen atoms in total. The Morgan fingerprint density at radius 1 is 1.60 bits per heavy atom. The third-order valence-electron chi connectivity index (χ3n) is 3.65. The van der Waals surface area contributed by atoms with Crippen LogP contribution in [-0.4, -0.2) is 53.8 Å². The second-order valence-corrected chi connectivity index (χ2v) is 7.29. The van der Waals surface area contributed by atoms with Gasteiger partial charge in [0.1, 0.15) is 5.82 Å². The Labute approximate surface area is 117 Å². The van der Waals surface area contributed by atoms with Crippen molar-refractivity contribution in [1.29, 1.82) is 0 Å². The largest absolute Gasteiger partial charge is 0.409 e. The van der Waals surface area contributed by atoms with Gasteiger partial charge in [-0.25, -0.2) is 8.42 Å². The Morgan fingerprint density at radius 2 is 2.25 bits per heavy atom. The first kappa shape index (κ1) is 14.6. The molecule has 1 unspecified atom stereocenters. The predicted molar refractivity (Wildman–Crippen MR) is 75.9 cm³/mol. The lowest BCUT2D eigenvalue weighted by molar-refractivity contribution is 0.318. The van der Waals surface area contributed by atoms with Crippen molar-refractivity contribution in [2.24, 2.45) is 17.9 Å². The van der Waals surface area contributed by atoms with Gasteiger partial charge in [0.2, 0.25) is 0 Å². The number of hydrogen-bond acceptors (Lipinski definition) is 6. The first-order valence-electron chi connectivity index (χ1n) is 6.21. The van der Waals surface area contributed by atoms with Gasteiger partial charge < -0.3 is 15.8 Å². The molecule has 0 aromatic carbocycles. The van der Waals surface area contributed by atoms with Crippen molar-refractivity contribution in [3.63, 3.8) is 0 Å². The SMILES string of the molecule is Cc1nn(C)c(N(C)C2CCS(=O)(=O)C2)c1C(N)=NO. The van der Waals surface area contributed by atoms with Gasteiger partial charge in [-0.05, 0) is 13.3 Å². The number of nitrogens with zero attached hydrogens (tertiary/aromatic N) is 4. The van der Waals surface area contributed by atoms with E-state index < -0.39 is 9.84 Å². The molecule has 3 N–H and O–H groups in total. The van der Waals surface area contributed by atoms with E-state index in [9.17, 15) is 8.42 Å². The molecule has 0 radical (unpaired) electrons. The predicted octanol–water partition coefficient (Wildman–Crippen LogP) is -0.554. The van der Waals surface area contributed by atoms with Crippen LogP contribution >= 0.6 is 0 Å². The molecule has 112 valence electrons. The van der Waals surface area contributed by atoms with Crippen molar-refractivity contribution < 1.29 is 13.6 Å². The fourth-order valence-corrected chi connectivity index (χ4v) is 4.43. The van der Waals surface area contributed by atoms with Crippen molar-refractivity contribution in [3.8, 4) is 0 Å². The van der Waals surface area contributed by atoms with Crippen LogP contribution in [0.5, 0.6) is 0 Å². The van der Waals surface area contributed by atoms with Crippen molar-refractivity contribution >= 4 is 21.5 Å². The molecule has 1 atom stereocenters. The summed E-state index contributed by atoms with van der Waals surface area (Å²) in [5, 5.41) is 16.2. The molecule has 2 rings (SSSR count). The Morgan fingerprint density at radius 3 is 2.75 bits per heavy atom. The Bertz CT molecular complexity index is 649. The van der Waals surface area contributed by atoms with Crippen LogP contribution in [0.3, 0.4) is 0 Å². The van der Waals surface area contributed by atoms with Crippen LogP contribution in [0, 0.1) is 6.92 Å². The molecule has 2 heterocycles. The van der Waals surface area contributed by atoms with Crippen molar-refractivity contribution in [3.05, 3.63) is 11.3 Å². The van der Waals surface area contributed by atoms with Crippen molar-refractivity contribution in [2.75, 3.05) is 23.5 Å². The maximum absolute atomic E-state index is 11.6. The lowest BCUT2D eigenvalue weighted by Gasteiger charge is -2.26. The summed E-state index contributed by atoms with van der Waals surface area (Å²) in [6, 6.07) is -0.125. The smallest absolute Gasteiger partial charge is 0.175 e. The summed E-state index contributed by atoms with van der Waals surface area (Å²) in [4.78, 5) is 1.85. The minimum absolute atomic E-state index is 0.0293. The van der Waals surface area contributed by atoms with E-state index in [1.807, 2.05) is 4.90 Å². The zero-order valence-corrected chi connectivity index (χ0v) is 12.6. The standard InChI is InChI=1S/C11H19N5O3S/c1-7-9(10(12)14-17)11(16(3)13-7)15(2)8-4-5-20(18,19)6-8/h8,17H,4-6H2,1-3H3,(H2,12,14). The number of aromatic nitrogens is 2. The summed E-state index contributed by atoms with van der Waals surface area (Å²) in [5.41, 5.74) is 6.86. The topological polar surface area (TPSA) is 114 Å². The third kappa shape index (κ3) is 2.45. The summed E-state index contributed by atoms with van der Waals surface area (Å²) in [7, 11) is 0.573. The summed E-state index contributed by atoms with van der Waals surface area (Å²) in [6.07, 6.45) is 0.568. The highest BCUT2D eigenvalue weighted by Crippen LogP contribution is 2.27. The van der Waals surface area contributed by atoms with E-state index in [0.29, 0.717) is 23.5 Å². The van der Waals surface area contributed by atoms with Crippen LogP contribution in [-0.2, 0) is 16.9 Å². The van der Waals surface area contributed by atoms with E-state index in [1.54, 1.807) is 25.7 Å². The number of oxime groups is 1. The fraction of sp³-hybridized carbons (Fsp3) is 0.636.